The number of ether oxygens (including phenoxy) is 3. The molecule has 1 atom stereocenters. The minimum Gasteiger partial charge on any atom is -0.432 e. The highest BCUT2D eigenvalue weighted by atomic mass is 32.1. The molecule has 20 heavy (non-hydrogen) atoms. The summed E-state index contributed by atoms with van der Waals surface area (Å²) in [4.78, 5) is 12.5. The standard InChI is InChI=1S/C13H16N2O4S/c1-17-4-5-18-13(16)19-8-2-3-9-10(7-14)12(15)20-11(9)6-8/h8H,2-6,15H2,1H3. The minimum absolute atomic E-state index is 0.178. The summed E-state index contributed by atoms with van der Waals surface area (Å²) in [5.74, 6) is 0. The van der Waals surface area contributed by atoms with Gasteiger partial charge in [-0.1, -0.05) is 0 Å². The molecule has 0 radical (unpaired) electrons. The second-order valence-corrected chi connectivity index (χ2v) is 5.57. The van der Waals surface area contributed by atoms with Crippen LogP contribution in [0.5, 0.6) is 0 Å². The number of thiophene rings is 1. The van der Waals surface area contributed by atoms with Crippen molar-refractivity contribution < 1.29 is 19.0 Å². The average Bonchev–Trinajstić information content (AvgIpc) is 2.73. The van der Waals surface area contributed by atoms with Gasteiger partial charge in [0.2, 0.25) is 0 Å². The number of nitriles is 1. The summed E-state index contributed by atoms with van der Waals surface area (Å²) in [7, 11) is 1.53. The van der Waals surface area contributed by atoms with Crippen LogP contribution in [0.3, 0.4) is 0 Å². The van der Waals surface area contributed by atoms with Gasteiger partial charge >= 0.3 is 6.16 Å². The van der Waals surface area contributed by atoms with E-state index >= 15 is 0 Å². The Hall–Kier alpha value is -1.78. The van der Waals surface area contributed by atoms with Gasteiger partial charge in [-0.25, -0.2) is 4.79 Å². The molecule has 1 aromatic rings. The van der Waals surface area contributed by atoms with Crippen molar-refractivity contribution in [2.75, 3.05) is 26.1 Å². The van der Waals surface area contributed by atoms with Gasteiger partial charge in [0.25, 0.3) is 0 Å². The molecule has 0 saturated carbocycles. The quantitative estimate of drug-likeness (QED) is 0.673. The lowest BCUT2D eigenvalue weighted by atomic mass is 9.94. The number of anilines is 1. The predicted molar refractivity (Wildman–Crippen MR) is 73.6 cm³/mol. The number of nitrogens with zero attached hydrogens (tertiary/aromatic N) is 1. The van der Waals surface area contributed by atoms with E-state index in [-0.39, 0.29) is 12.7 Å². The Labute approximate surface area is 121 Å². The van der Waals surface area contributed by atoms with Crippen molar-refractivity contribution in [1.29, 1.82) is 5.26 Å². The predicted octanol–water partition coefficient (Wildman–Crippen LogP) is 1.86. The molecule has 2 N–H and O–H groups in total. The third-order valence-electron chi connectivity index (χ3n) is 3.13. The molecular weight excluding hydrogens is 280 g/mol. The second-order valence-electron chi connectivity index (χ2n) is 4.43. The number of nitrogens with two attached hydrogens (primary N) is 1. The van der Waals surface area contributed by atoms with Crippen LogP contribution in [-0.2, 0) is 27.1 Å². The average molecular weight is 296 g/mol. The van der Waals surface area contributed by atoms with Crippen LogP contribution in [0.25, 0.3) is 0 Å². The van der Waals surface area contributed by atoms with Gasteiger partial charge in [0.05, 0.1) is 12.2 Å². The van der Waals surface area contributed by atoms with E-state index in [4.69, 9.17) is 25.2 Å². The van der Waals surface area contributed by atoms with Gasteiger partial charge < -0.3 is 19.9 Å². The van der Waals surface area contributed by atoms with Crippen LogP contribution < -0.4 is 5.73 Å². The van der Waals surface area contributed by atoms with E-state index in [1.165, 1.54) is 18.4 Å². The van der Waals surface area contributed by atoms with Crippen molar-refractivity contribution >= 4 is 22.5 Å². The monoisotopic (exact) mass is 296 g/mol. The molecule has 6 nitrogen and oxygen atoms in total. The number of rotatable bonds is 4. The molecule has 2 rings (SSSR count). The number of methoxy groups -OCH3 is 1. The van der Waals surface area contributed by atoms with E-state index in [1.807, 2.05) is 0 Å². The maximum absolute atomic E-state index is 11.5. The SMILES string of the molecule is COCCOC(=O)OC1CCc2c(sc(N)c2C#N)C1. The molecular formula is C13H16N2O4S. The van der Waals surface area contributed by atoms with Gasteiger partial charge in [0.1, 0.15) is 23.8 Å². The smallest absolute Gasteiger partial charge is 0.432 e. The Bertz CT molecular complexity index is 535. The summed E-state index contributed by atoms with van der Waals surface area (Å²) in [5.41, 5.74) is 7.39. The van der Waals surface area contributed by atoms with Crippen molar-refractivity contribution in [1.82, 2.24) is 0 Å². The zero-order chi connectivity index (χ0) is 14.5. The molecule has 1 unspecified atom stereocenters. The van der Waals surface area contributed by atoms with E-state index in [1.54, 1.807) is 0 Å². The molecule has 0 aromatic carbocycles. The lowest BCUT2D eigenvalue weighted by molar-refractivity contribution is 0.00791. The molecule has 0 aliphatic heterocycles. The van der Waals surface area contributed by atoms with Crippen molar-refractivity contribution in [2.45, 2.75) is 25.4 Å². The number of fused-ring (bicyclic) bond motifs is 1. The Morgan fingerprint density at radius 1 is 1.55 bits per heavy atom. The van der Waals surface area contributed by atoms with E-state index in [0.717, 1.165) is 10.4 Å². The maximum Gasteiger partial charge on any atom is 0.508 e. The van der Waals surface area contributed by atoms with Crippen LogP contribution in [-0.4, -0.2) is 32.6 Å². The maximum atomic E-state index is 11.5. The highest BCUT2D eigenvalue weighted by Gasteiger charge is 2.27. The van der Waals surface area contributed by atoms with Crippen molar-refractivity contribution in [2.24, 2.45) is 0 Å². The number of carbonyl (C=O) groups excluding carboxylic acids is 1. The molecule has 1 heterocycles. The van der Waals surface area contributed by atoms with Crippen molar-refractivity contribution in [3.8, 4) is 6.07 Å². The van der Waals surface area contributed by atoms with Crippen molar-refractivity contribution in [3.63, 3.8) is 0 Å². The van der Waals surface area contributed by atoms with Crippen LogP contribution in [0.4, 0.5) is 9.80 Å². The van der Waals surface area contributed by atoms with Crippen LogP contribution in [0.1, 0.15) is 22.4 Å². The van der Waals surface area contributed by atoms with Crippen molar-refractivity contribution in [3.05, 3.63) is 16.0 Å². The van der Waals surface area contributed by atoms with E-state index in [0.29, 0.717) is 36.4 Å². The first-order valence-electron chi connectivity index (χ1n) is 6.28. The first-order valence-corrected chi connectivity index (χ1v) is 7.09. The van der Waals surface area contributed by atoms with Gasteiger partial charge in [-0.2, -0.15) is 5.26 Å². The zero-order valence-corrected chi connectivity index (χ0v) is 12.0. The Morgan fingerprint density at radius 2 is 2.35 bits per heavy atom. The highest BCUT2D eigenvalue weighted by Crippen LogP contribution is 2.36. The number of nitrogen functional groups attached to an aromatic ring is 1. The first kappa shape index (κ1) is 14.6. The van der Waals surface area contributed by atoms with Gasteiger partial charge in [0.15, 0.2) is 0 Å². The fourth-order valence-electron chi connectivity index (χ4n) is 2.18. The summed E-state index contributed by atoms with van der Waals surface area (Å²) in [6, 6.07) is 2.13. The molecule has 108 valence electrons. The zero-order valence-electron chi connectivity index (χ0n) is 11.2. The van der Waals surface area contributed by atoms with Gasteiger partial charge in [-0.05, 0) is 18.4 Å². The molecule has 0 amide bonds. The van der Waals surface area contributed by atoms with E-state index in [2.05, 4.69) is 6.07 Å². The van der Waals surface area contributed by atoms with Gasteiger partial charge in [-0.3, -0.25) is 0 Å². The number of hydrogen-bond donors (Lipinski definition) is 1. The summed E-state index contributed by atoms with van der Waals surface area (Å²) >= 11 is 1.40. The summed E-state index contributed by atoms with van der Waals surface area (Å²) in [5, 5.41) is 9.60. The Kier molecular flexibility index (Phi) is 4.82. The summed E-state index contributed by atoms with van der Waals surface area (Å²) in [6.07, 6.45) is 1.06. The summed E-state index contributed by atoms with van der Waals surface area (Å²) in [6.45, 7) is 0.523. The molecule has 0 spiro atoms. The largest absolute Gasteiger partial charge is 0.508 e. The fraction of sp³-hybridized carbons (Fsp3) is 0.538. The topological polar surface area (TPSA) is 94.6 Å². The molecule has 0 bridgehead atoms. The molecule has 1 aromatic heterocycles. The molecule has 1 aliphatic carbocycles. The van der Waals surface area contributed by atoms with Crippen LogP contribution in [0.2, 0.25) is 0 Å². The van der Waals surface area contributed by atoms with Crippen LogP contribution in [0.15, 0.2) is 0 Å². The molecule has 0 fully saturated rings. The molecule has 7 heteroatoms. The van der Waals surface area contributed by atoms with Crippen LogP contribution in [0, 0.1) is 11.3 Å². The van der Waals surface area contributed by atoms with E-state index in [9.17, 15) is 4.79 Å². The summed E-state index contributed by atoms with van der Waals surface area (Å²) < 4.78 is 14.9. The Balaban J connectivity index is 1.92. The van der Waals surface area contributed by atoms with E-state index < -0.39 is 6.16 Å². The van der Waals surface area contributed by atoms with Crippen LogP contribution >= 0.6 is 11.3 Å². The lowest BCUT2D eigenvalue weighted by Gasteiger charge is -2.21. The minimum atomic E-state index is -0.680. The second kappa shape index (κ2) is 6.59. The third kappa shape index (κ3) is 3.21. The first-order chi connectivity index (χ1) is 9.65. The number of hydrogen-bond acceptors (Lipinski definition) is 7. The highest BCUT2D eigenvalue weighted by molar-refractivity contribution is 7.16. The number of carbonyl (C=O) groups is 1. The molecule has 1 aliphatic rings. The van der Waals surface area contributed by atoms with Gasteiger partial charge in [-0.15, -0.1) is 11.3 Å². The Morgan fingerprint density at radius 3 is 3.05 bits per heavy atom. The lowest BCUT2D eigenvalue weighted by Crippen LogP contribution is -2.25. The normalized spacial score (nSPS) is 17.1. The fourth-order valence-corrected chi connectivity index (χ4v) is 3.31. The molecule has 0 saturated heterocycles. The third-order valence-corrected chi connectivity index (χ3v) is 4.21. The van der Waals surface area contributed by atoms with Gasteiger partial charge in [0, 0.05) is 18.4 Å².